The van der Waals surface area contributed by atoms with Gasteiger partial charge >= 0.3 is 0 Å². The summed E-state index contributed by atoms with van der Waals surface area (Å²) < 4.78 is 0. The van der Waals surface area contributed by atoms with Gasteiger partial charge in [0.25, 0.3) is 5.91 Å². The fourth-order valence-electron chi connectivity index (χ4n) is 6.14. The third kappa shape index (κ3) is 2.70. The number of aromatic amines is 1. The maximum absolute atomic E-state index is 14.0. The van der Waals surface area contributed by atoms with Crippen LogP contribution in [0.4, 0.5) is 0 Å². The molecule has 1 saturated heterocycles. The van der Waals surface area contributed by atoms with Gasteiger partial charge in [0.05, 0.1) is 5.69 Å². The van der Waals surface area contributed by atoms with Gasteiger partial charge in [-0.1, -0.05) is 54.8 Å². The zero-order chi connectivity index (χ0) is 22.0. The van der Waals surface area contributed by atoms with Crippen LogP contribution in [0, 0.1) is 0 Å². The Morgan fingerprint density at radius 3 is 2.50 bits per heavy atom. The van der Waals surface area contributed by atoms with Gasteiger partial charge in [-0.15, -0.1) is 0 Å². The number of hydrogen-bond donors (Lipinski definition) is 1. The van der Waals surface area contributed by atoms with E-state index >= 15 is 0 Å². The van der Waals surface area contributed by atoms with E-state index in [0.29, 0.717) is 11.6 Å². The van der Waals surface area contributed by atoms with Gasteiger partial charge in [-0.25, -0.2) is 0 Å². The molecule has 3 heterocycles. The molecule has 3 aromatic rings. The standard InChI is InChI=1S/C26H26ClN3O2/c1-26-24-23(19-8-4-5-9-21(19)28-24)20(16-10-12-17(27)13-11-16)14-30(26)22(31)15-29(25(26)32)18-6-2-3-7-18/h4-5,8-13,18,20,28H,2-3,6-7,14-15H2,1H3/t20-,26-/m0/s1. The molecule has 0 spiro atoms. The maximum atomic E-state index is 14.0. The summed E-state index contributed by atoms with van der Waals surface area (Å²) in [6.07, 6.45) is 4.23. The zero-order valence-electron chi connectivity index (χ0n) is 18.1. The summed E-state index contributed by atoms with van der Waals surface area (Å²) in [6.45, 7) is 2.60. The number of piperazine rings is 1. The van der Waals surface area contributed by atoms with E-state index in [4.69, 9.17) is 11.6 Å². The van der Waals surface area contributed by atoms with Crippen LogP contribution in [0.3, 0.4) is 0 Å². The number of nitrogens with zero attached hydrogens (tertiary/aromatic N) is 2. The summed E-state index contributed by atoms with van der Waals surface area (Å²) in [5.41, 5.74) is 3.05. The normalized spacial score (nSPS) is 26.0. The summed E-state index contributed by atoms with van der Waals surface area (Å²) >= 11 is 6.16. The summed E-state index contributed by atoms with van der Waals surface area (Å²) in [7, 11) is 0. The SMILES string of the molecule is C[C@]12C(=O)N(C3CCCC3)CC(=O)N1C[C@@H](c1ccc(Cl)cc1)c1c2[nH]c2ccccc12. The van der Waals surface area contributed by atoms with Crippen LogP contribution < -0.4 is 0 Å². The molecule has 1 aliphatic carbocycles. The van der Waals surface area contributed by atoms with Crippen LogP contribution in [-0.2, 0) is 15.1 Å². The molecular formula is C26H26ClN3O2. The van der Waals surface area contributed by atoms with Crippen molar-refractivity contribution in [1.82, 2.24) is 14.8 Å². The molecule has 0 unspecified atom stereocenters. The Morgan fingerprint density at radius 1 is 1.03 bits per heavy atom. The number of rotatable bonds is 2. The molecule has 0 radical (unpaired) electrons. The molecule has 2 aromatic carbocycles. The summed E-state index contributed by atoms with van der Waals surface area (Å²) in [5, 5.41) is 1.80. The van der Waals surface area contributed by atoms with Gasteiger partial charge < -0.3 is 14.8 Å². The largest absolute Gasteiger partial charge is 0.356 e. The number of amides is 2. The van der Waals surface area contributed by atoms with E-state index in [1.54, 1.807) is 0 Å². The Labute approximate surface area is 192 Å². The highest BCUT2D eigenvalue weighted by Crippen LogP contribution is 2.48. The first-order valence-electron chi connectivity index (χ1n) is 11.5. The Morgan fingerprint density at radius 2 is 1.75 bits per heavy atom. The molecule has 32 heavy (non-hydrogen) atoms. The zero-order valence-corrected chi connectivity index (χ0v) is 18.9. The van der Waals surface area contributed by atoms with E-state index < -0.39 is 5.54 Å². The van der Waals surface area contributed by atoms with Gasteiger partial charge in [0.2, 0.25) is 5.91 Å². The number of carbonyl (C=O) groups excluding carboxylic acids is 2. The summed E-state index contributed by atoms with van der Waals surface area (Å²) in [6, 6.07) is 16.2. The van der Waals surface area contributed by atoms with Crippen molar-refractivity contribution in [2.24, 2.45) is 0 Å². The molecule has 5 nitrogen and oxygen atoms in total. The smallest absolute Gasteiger partial charge is 0.255 e. The molecule has 6 heteroatoms. The second kappa shape index (κ2) is 7.11. The topological polar surface area (TPSA) is 56.4 Å². The molecule has 2 aliphatic heterocycles. The minimum atomic E-state index is -1.02. The van der Waals surface area contributed by atoms with E-state index in [9.17, 15) is 9.59 Å². The van der Waals surface area contributed by atoms with Gasteiger partial charge in [-0.2, -0.15) is 0 Å². The molecule has 6 rings (SSSR count). The molecule has 1 aromatic heterocycles. The Kier molecular flexibility index (Phi) is 4.41. The summed E-state index contributed by atoms with van der Waals surface area (Å²) in [4.78, 5) is 34.8. The number of para-hydroxylation sites is 1. The highest BCUT2D eigenvalue weighted by atomic mass is 35.5. The van der Waals surface area contributed by atoms with Crippen molar-refractivity contribution in [3.63, 3.8) is 0 Å². The van der Waals surface area contributed by atoms with E-state index in [1.165, 1.54) is 0 Å². The third-order valence-corrected chi connectivity index (χ3v) is 8.06. The summed E-state index contributed by atoms with van der Waals surface area (Å²) in [5.74, 6) is 0.0508. The average molecular weight is 448 g/mol. The molecule has 1 N–H and O–H groups in total. The van der Waals surface area contributed by atoms with Crippen molar-refractivity contribution in [3.05, 3.63) is 70.4 Å². The van der Waals surface area contributed by atoms with Crippen LogP contribution in [0.1, 0.15) is 55.3 Å². The first-order chi connectivity index (χ1) is 15.5. The monoisotopic (exact) mass is 447 g/mol. The van der Waals surface area contributed by atoms with Crippen molar-refractivity contribution in [1.29, 1.82) is 0 Å². The van der Waals surface area contributed by atoms with Crippen molar-refractivity contribution >= 4 is 34.3 Å². The lowest BCUT2D eigenvalue weighted by Gasteiger charge is -2.52. The van der Waals surface area contributed by atoms with Crippen LogP contribution in [0.25, 0.3) is 10.9 Å². The lowest BCUT2D eigenvalue weighted by Crippen LogP contribution is -2.68. The first-order valence-corrected chi connectivity index (χ1v) is 11.8. The van der Waals surface area contributed by atoms with E-state index in [0.717, 1.165) is 53.4 Å². The number of aromatic nitrogens is 1. The third-order valence-electron chi connectivity index (χ3n) is 7.81. The number of H-pyrrole nitrogens is 1. The maximum Gasteiger partial charge on any atom is 0.255 e. The van der Waals surface area contributed by atoms with E-state index in [2.05, 4.69) is 11.1 Å². The van der Waals surface area contributed by atoms with Crippen molar-refractivity contribution in [2.75, 3.05) is 13.1 Å². The fraction of sp³-hybridized carbons (Fsp3) is 0.385. The minimum absolute atomic E-state index is 0.0266. The lowest BCUT2D eigenvalue weighted by atomic mass is 9.76. The number of hydrogen-bond acceptors (Lipinski definition) is 2. The Hall–Kier alpha value is -2.79. The molecule has 3 aliphatic rings. The van der Waals surface area contributed by atoms with Gasteiger partial charge in [0.15, 0.2) is 5.54 Å². The van der Waals surface area contributed by atoms with E-state index in [1.807, 2.05) is 59.2 Å². The van der Waals surface area contributed by atoms with Crippen LogP contribution in [0.2, 0.25) is 5.02 Å². The highest BCUT2D eigenvalue weighted by molar-refractivity contribution is 6.30. The molecule has 0 bridgehead atoms. The number of carbonyl (C=O) groups is 2. The van der Waals surface area contributed by atoms with Gasteiger partial charge in [-0.05, 0) is 49.1 Å². The van der Waals surface area contributed by atoms with Crippen LogP contribution in [0.15, 0.2) is 48.5 Å². The molecule has 164 valence electrons. The molecule has 2 amide bonds. The lowest BCUT2D eigenvalue weighted by molar-refractivity contribution is -0.168. The van der Waals surface area contributed by atoms with Crippen molar-refractivity contribution in [2.45, 2.75) is 50.1 Å². The van der Waals surface area contributed by atoms with Crippen molar-refractivity contribution in [3.8, 4) is 0 Å². The fourth-order valence-corrected chi connectivity index (χ4v) is 6.26. The van der Waals surface area contributed by atoms with Crippen LogP contribution in [0.5, 0.6) is 0 Å². The predicted molar refractivity (Wildman–Crippen MR) is 125 cm³/mol. The second-order valence-electron chi connectivity index (χ2n) is 9.51. The van der Waals surface area contributed by atoms with Gasteiger partial charge in [0.1, 0.15) is 6.54 Å². The average Bonchev–Trinajstić information content (AvgIpc) is 3.46. The molecular weight excluding hydrogens is 422 g/mol. The Balaban J connectivity index is 1.56. The van der Waals surface area contributed by atoms with Gasteiger partial charge in [0, 0.05) is 34.4 Å². The molecule has 1 saturated carbocycles. The van der Waals surface area contributed by atoms with Crippen molar-refractivity contribution < 1.29 is 9.59 Å². The molecule has 2 fully saturated rings. The van der Waals surface area contributed by atoms with Crippen LogP contribution in [-0.4, -0.2) is 45.7 Å². The number of fused-ring (bicyclic) bond motifs is 5. The minimum Gasteiger partial charge on any atom is -0.356 e. The van der Waals surface area contributed by atoms with Crippen LogP contribution >= 0.6 is 11.6 Å². The quantitative estimate of drug-likeness (QED) is 0.613. The predicted octanol–water partition coefficient (Wildman–Crippen LogP) is 4.80. The molecule has 2 atom stereocenters. The number of halogens is 1. The number of benzene rings is 2. The first kappa shape index (κ1) is 19.9. The highest BCUT2D eigenvalue weighted by Gasteiger charge is 2.57. The Bertz CT molecular complexity index is 1230. The van der Waals surface area contributed by atoms with E-state index in [-0.39, 0.29) is 30.3 Å². The second-order valence-corrected chi connectivity index (χ2v) is 9.95. The number of nitrogens with one attached hydrogen (secondary N) is 1. The van der Waals surface area contributed by atoms with Gasteiger partial charge in [-0.3, -0.25) is 9.59 Å².